The normalized spacial score (nSPS) is 11.2. The van der Waals surface area contributed by atoms with Crippen molar-refractivity contribution in [2.75, 3.05) is 11.9 Å². The van der Waals surface area contributed by atoms with Crippen LogP contribution < -0.4 is 16.0 Å². The maximum absolute atomic E-state index is 12.2. The van der Waals surface area contributed by atoms with Crippen molar-refractivity contribution in [2.24, 2.45) is 0 Å². The van der Waals surface area contributed by atoms with Gasteiger partial charge >= 0.3 is 0 Å². The van der Waals surface area contributed by atoms with E-state index in [4.69, 9.17) is 12.2 Å². The van der Waals surface area contributed by atoms with Crippen LogP contribution in [-0.4, -0.2) is 17.6 Å². The fraction of sp³-hybridized carbons (Fsp3) is 0.158. The fourth-order valence-electron chi connectivity index (χ4n) is 2.17. The molecule has 2 aromatic carbocycles. The van der Waals surface area contributed by atoms with Gasteiger partial charge in [-0.2, -0.15) is 0 Å². The largest absolute Gasteiger partial charge is 0.359 e. The van der Waals surface area contributed by atoms with Gasteiger partial charge in [-0.3, -0.25) is 4.79 Å². The second-order valence-corrected chi connectivity index (χ2v) is 5.72. The molecule has 124 valence electrons. The summed E-state index contributed by atoms with van der Waals surface area (Å²) in [7, 11) is 0. The van der Waals surface area contributed by atoms with Crippen molar-refractivity contribution < 1.29 is 4.79 Å². The SMILES string of the molecule is C=CCNC(=S)NC(C)c1cccc(NC(=O)c2ccccc2)c1. The van der Waals surface area contributed by atoms with Crippen molar-refractivity contribution in [1.29, 1.82) is 0 Å². The van der Waals surface area contributed by atoms with Crippen molar-refractivity contribution >= 4 is 28.9 Å². The van der Waals surface area contributed by atoms with Crippen molar-refractivity contribution in [2.45, 2.75) is 13.0 Å². The van der Waals surface area contributed by atoms with Crippen LogP contribution in [0.4, 0.5) is 5.69 Å². The molecule has 0 saturated carbocycles. The number of hydrogen-bond acceptors (Lipinski definition) is 2. The summed E-state index contributed by atoms with van der Waals surface area (Å²) in [6, 6.07) is 16.9. The van der Waals surface area contributed by atoms with Crippen LogP contribution in [0.15, 0.2) is 67.3 Å². The van der Waals surface area contributed by atoms with Gasteiger partial charge in [-0.15, -0.1) is 6.58 Å². The summed E-state index contributed by atoms with van der Waals surface area (Å²) >= 11 is 5.22. The van der Waals surface area contributed by atoms with E-state index >= 15 is 0 Å². The molecular formula is C19H21N3OS. The van der Waals surface area contributed by atoms with Crippen LogP contribution in [-0.2, 0) is 0 Å². The van der Waals surface area contributed by atoms with Crippen LogP contribution in [0.2, 0.25) is 0 Å². The molecule has 0 aliphatic rings. The van der Waals surface area contributed by atoms with Gasteiger partial charge in [0, 0.05) is 17.8 Å². The Balaban J connectivity index is 2.01. The first-order chi connectivity index (χ1) is 11.6. The topological polar surface area (TPSA) is 53.2 Å². The van der Waals surface area contributed by atoms with Gasteiger partial charge in [0.2, 0.25) is 0 Å². The van der Waals surface area contributed by atoms with Gasteiger partial charge in [-0.1, -0.05) is 36.4 Å². The first kappa shape index (κ1) is 17.7. The number of hydrogen-bond donors (Lipinski definition) is 3. The van der Waals surface area contributed by atoms with Crippen LogP contribution in [0.5, 0.6) is 0 Å². The van der Waals surface area contributed by atoms with E-state index < -0.39 is 0 Å². The molecular weight excluding hydrogens is 318 g/mol. The summed E-state index contributed by atoms with van der Waals surface area (Å²) in [5.41, 5.74) is 2.41. The van der Waals surface area contributed by atoms with Crippen molar-refractivity contribution in [3.63, 3.8) is 0 Å². The molecule has 0 heterocycles. The highest BCUT2D eigenvalue weighted by atomic mass is 32.1. The molecule has 24 heavy (non-hydrogen) atoms. The molecule has 2 rings (SSSR count). The molecule has 2 aromatic rings. The molecule has 0 spiro atoms. The number of nitrogens with one attached hydrogen (secondary N) is 3. The van der Waals surface area contributed by atoms with E-state index in [2.05, 4.69) is 22.5 Å². The molecule has 0 aliphatic heterocycles. The molecule has 5 heteroatoms. The van der Waals surface area contributed by atoms with Gasteiger partial charge in [0.25, 0.3) is 5.91 Å². The van der Waals surface area contributed by atoms with Crippen LogP contribution in [0, 0.1) is 0 Å². The Morgan fingerprint density at radius 1 is 1.21 bits per heavy atom. The van der Waals surface area contributed by atoms with Crippen molar-refractivity contribution in [3.8, 4) is 0 Å². The second kappa shape index (κ2) is 8.84. The van der Waals surface area contributed by atoms with Crippen LogP contribution >= 0.6 is 12.2 Å². The Morgan fingerprint density at radius 2 is 1.96 bits per heavy atom. The number of amides is 1. The summed E-state index contributed by atoms with van der Waals surface area (Å²) in [6.07, 6.45) is 1.75. The maximum atomic E-state index is 12.2. The number of rotatable bonds is 6. The predicted octanol–water partition coefficient (Wildman–Crippen LogP) is 3.65. The minimum atomic E-state index is -0.128. The van der Waals surface area contributed by atoms with Crippen LogP contribution in [0.3, 0.4) is 0 Å². The third kappa shape index (κ3) is 5.21. The number of benzene rings is 2. The van der Waals surface area contributed by atoms with E-state index in [-0.39, 0.29) is 11.9 Å². The molecule has 0 aromatic heterocycles. The summed E-state index contributed by atoms with van der Waals surface area (Å²) in [6.45, 7) is 6.27. The summed E-state index contributed by atoms with van der Waals surface area (Å²) < 4.78 is 0. The third-order valence-corrected chi connectivity index (χ3v) is 3.70. The lowest BCUT2D eigenvalue weighted by molar-refractivity contribution is 0.102. The van der Waals surface area contributed by atoms with E-state index in [1.54, 1.807) is 18.2 Å². The third-order valence-electron chi connectivity index (χ3n) is 3.44. The highest BCUT2D eigenvalue weighted by Gasteiger charge is 2.09. The average Bonchev–Trinajstić information content (AvgIpc) is 2.61. The lowest BCUT2D eigenvalue weighted by Crippen LogP contribution is -2.36. The van der Waals surface area contributed by atoms with Crippen LogP contribution in [0.1, 0.15) is 28.9 Å². The Kier molecular flexibility index (Phi) is 6.51. The van der Waals surface area contributed by atoms with Gasteiger partial charge < -0.3 is 16.0 Å². The summed E-state index contributed by atoms with van der Waals surface area (Å²) in [5, 5.41) is 9.72. The van der Waals surface area contributed by atoms with Gasteiger partial charge in [0.1, 0.15) is 0 Å². The average molecular weight is 339 g/mol. The highest BCUT2D eigenvalue weighted by molar-refractivity contribution is 7.80. The van der Waals surface area contributed by atoms with Gasteiger partial charge in [0.05, 0.1) is 6.04 Å². The van der Waals surface area contributed by atoms with E-state index in [0.29, 0.717) is 17.2 Å². The lowest BCUT2D eigenvalue weighted by atomic mass is 10.1. The van der Waals surface area contributed by atoms with E-state index in [1.165, 1.54) is 0 Å². The second-order valence-electron chi connectivity index (χ2n) is 5.31. The fourth-order valence-corrected chi connectivity index (χ4v) is 2.43. The predicted molar refractivity (Wildman–Crippen MR) is 103 cm³/mol. The standard InChI is InChI=1S/C19H21N3OS/c1-3-12-20-19(24)21-14(2)16-10-7-11-17(13-16)22-18(23)15-8-5-4-6-9-15/h3-11,13-14H,1,12H2,2H3,(H,22,23)(H2,20,21,24). The molecule has 0 bridgehead atoms. The molecule has 1 unspecified atom stereocenters. The van der Waals surface area contributed by atoms with Gasteiger partial charge in [0.15, 0.2) is 5.11 Å². The number of thiocarbonyl (C=S) groups is 1. The zero-order valence-corrected chi connectivity index (χ0v) is 14.4. The Morgan fingerprint density at radius 3 is 2.67 bits per heavy atom. The molecule has 1 amide bonds. The van der Waals surface area contributed by atoms with Crippen LogP contribution in [0.25, 0.3) is 0 Å². The zero-order valence-electron chi connectivity index (χ0n) is 13.6. The molecule has 0 radical (unpaired) electrons. The minimum absolute atomic E-state index is 0.0170. The quantitative estimate of drug-likeness (QED) is 0.555. The molecule has 4 nitrogen and oxygen atoms in total. The monoisotopic (exact) mass is 339 g/mol. The zero-order chi connectivity index (χ0) is 17.4. The Bertz CT molecular complexity index is 716. The summed E-state index contributed by atoms with van der Waals surface area (Å²) in [4.78, 5) is 12.2. The number of carbonyl (C=O) groups excluding carboxylic acids is 1. The first-order valence-electron chi connectivity index (χ1n) is 7.72. The Labute approximate surface area is 148 Å². The van der Waals surface area contributed by atoms with Crippen molar-refractivity contribution in [1.82, 2.24) is 10.6 Å². The highest BCUT2D eigenvalue weighted by Crippen LogP contribution is 2.18. The lowest BCUT2D eigenvalue weighted by Gasteiger charge is -2.17. The molecule has 3 N–H and O–H groups in total. The number of carbonyl (C=O) groups is 1. The van der Waals surface area contributed by atoms with E-state index in [0.717, 1.165) is 11.3 Å². The Hall–Kier alpha value is -2.66. The maximum Gasteiger partial charge on any atom is 0.255 e. The first-order valence-corrected chi connectivity index (χ1v) is 8.12. The molecule has 0 aliphatic carbocycles. The number of anilines is 1. The van der Waals surface area contributed by atoms with Gasteiger partial charge in [-0.05, 0) is 49.0 Å². The molecule has 0 fully saturated rings. The van der Waals surface area contributed by atoms with E-state index in [9.17, 15) is 4.79 Å². The summed E-state index contributed by atoms with van der Waals surface area (Å²) in [5.74, 6) is -0.128. The minimum Gasteiger partial charge on any atom is -0.359 e. The molecule has 1 atom stereocenters. The van der Waals surface area contributed by atoms with Gasteiger partial charge in [-0.25, -0.2) is 0 Å². The molecule has 0 saturated heterocycles. The van der Waals surface area contributed by atoms with Crippen molar-refractivity contribution in [3.05, 3.63) is 78.4 Å². The smallest absolute Gasteiger partial charge is 0.255 e. The van der Waals surface area contributed by atoms with E-state index in [1.807, 2.05) is 49.4 Å².